The van der Waals surface area contributed by atoms with Gasteiger partial charge in [-0.15, -0.1) is 24.0 Å². The van der Waals surface area contributed by atoms with Gasteiger partial charge in [0.05, 0.1) is 18.8 Å². The van der Waals surface area contributed by atoms with Crippen molar-refractivity contribution in [3.63, 3.8) is 0 Å². The molecule has 2 N–H and O–H groups in total. The van der Waals surface area contributed by atoms with Crippen molar-refractivity contribution in [2.45, 2.75) is 46.8 Å². The molecule has 7 heteroatoms. The number of rotatable bonds is 10. The molecule has 0 amide bonds. The zero-order valence-corrected chi connectivity index (χ0v) is 19.8. The first-order valence-corrected chi connectivity index (χ1v) is 9.74. The molecule has 1 heterocycles. The Hall–Kier alpha value is -1.61. The fraction of sp³-hybridized carbons (Fsp3) is 0.524. The summed E-state index contributed by atoms with van der Waals surface area (Å²) >= 11 is 0. The van der Waals surface area contributed by atoms with Gasteiger partial charge in [-0.2, -0.15) is 5.10 Å². The van der Waals surface area contributed by atoms with Gasteiger partial charge >= 0.3 is 0 Å². The molecule has 0 bridgehead atoms. The van der Waals surface area contributed by atoms with Gasteiger partial charge in [0.15, 0.2) is 5.96 Å². The van der Waals surface area contributed by atoms with Crippen molar-refractivity contribution in [2.75, 3.05) is 19.7 Å². The van der Waals surface area contributed by atoms with E-state index in [2.05, 4.69) is 41.7 Å². The Kier molecular flexibility index (Phi) is 11.8. The average molecular weight is 499 g/mol. The van der Waals surface area contributed by atoms with Crippen molar-refractivity contribution < 1.29 is 4.74 Å². The number of halogens is 1. The maximum Gasteiger partial charge on any atom is 0.191 e. The number of aliphatic imine (C=N–C) groups is 1. The van der Waals surface area contributed by atoms with E-state index in [-0.39, 0.29) is 24.0 Å². The summed E-state index contributed by atoms with van der Waals surface area (Å²) in [5.41, 5.74) is 4.63. The van der Waals surface area contributed by atoms with Gasteiger partial charge in [-0.05, 0) is 39.2 Å². The Balaban J connectivity index is 0.00000392. The van der Waals surface area contributed by atoms with E-state index in [0.717, 1.165) is 44.2 Å². The summed E-state index contributed by atoms with van der Waals surface area (Å²) in [6, 6.07) is 10.3. The van der Waals surface area contributed by atoms with Crippen molar-refractivity contribution in [3.05, 3.63) is 52.8 Å². The third kappa shape index (κ3) is 8.18. The van der Waals surface area contributed by atoms with Gasteiger partial charge in [0.25, 0.3) is 0 Å². The molecule has 0 aliphatic rings. The quantitative estimate of drug-likeness (QED) is 0.227. The molecule has 0 saturated carbocycles. The highest BCUT2D eigenvalue weighted by molar-refractivity contribution is 14.0. The lowest BCUT2D eigenvalue weighted by Crippen LogP contribution is -2.37. The van der Waals surface area contributed by atoms with E-state index in [4.69, 9.17) is 9.73 Å². The SMILES string of the molecule is CCNC(=NCc1c(C)nn(C)c1C)NCCCCOCc1ccccc1.I. The normalized spacial score (nSPS) is 11.2. The molecule has 0 unspecified atom stereocenters. The fourth-order valence-electron chi connectivity index (χ4n) is 2.85. The molecule has 0 fully saturated rings. The van der Waals surface area contributed by atoms with E-state index in [1.54, 1.807) is 0 Å². The van der Waals surface area contributed by atoms with Crippen LogP contribution in [0.3, 0.4) is 0 Å². The summed E-state index contributed by atoms with van der Waals surface area (Å²) in [6.07, 6.45) is 2.07. The minimum absolute atomic E-state index is 0. The Morgan fingerprint density at radius 3 is 2.54 bits per heavy atom. The molecule has 1 aromatic heterocycles. The molecular formula is C21H34IN5O. The van der Waals surface area contributed by atoms with Crippen LogP contribution in [0.15, 0.2) is 35.3 Å². The molecule has 156 valence electrons. The number of ether oxygens (including phenoxy) is 1. The molecule has 6 nitrogen and oxygen atoms in total. The number of aromatic nitrogens is 2. The largest absolute Gasteiger partial charge is 0.377 e. The predicted molar refractivity (Wildman–Crippen MR) is 126 cm³/mol. The summed E-state index contributed by atoms with van der Waals surface area (Å²) in [6.45, 7) is 10.0. The second kappa shape index (κ2) is 13.5. The predicted octanol–water partition coefficient (Wildman–Crippen LogP) is 3.71. The van der Waals surface area contributed by atoms with Gasteiger partial charge < -0.3 is 15.4 Å². The lowest BCUT2D eigenvalue weighted by atomic mass is 10.2. The van der Waals surface area contributed by atoms with Crippen LogP contribution in [0.1, 0.15) is 42.3 Å². The molecule has 28 heavy (non-hydrogen) atoms. The second-order valence-electron chi connectivity index (χ2n) is 6.64. The first-order chi connectivity index (χ1) is 13.1. The van der Waals surface area contributed by atoms with Crippen molar-refractivity contribution in [2.24, 2.45) is 12.0 Å². The zero-order chi connectivity index (χ0) is 19.5. The third-order valence-corrected chi connectivity index (χ3v) is 4.52. The highest BCUT2D eigenvalue weighted by Crippen LogP contribution is 2.12. The van der Waals surface area contributed by atoms with E-state index in [1.807, 2.05) is 36.9 Å². The van der Waals surface area contributed by atoms with Crippen LogP contribution in [0.2, 0.25) is 0 Å². The Labute approximate surface area is 186 Å². The number of unbranched alkanes of at least 4 members (excludes halogenated alkanes) is 1. The highest BCUT2D eigenvalue weighted by Gasteiger charge is 2.08. The van der Waals surface area contributed by atoms with E-state index in [0.29, 0.717) is 13.2 Å². The van der Waals surface area contributed by atoms with Crippen LogP contribution in [0, 0.1) is 13.8 Å². The molecule has 0 spiro atoms. The molecule has 0 atom stereocenters. The number of hydrogen-bond donors (Lipinski definition) is 2. The maximum absolute atomic E-state index is 5.73. The molecule has 0 aliphatic heterocycles. The van der Waals surface area contributed by atoms with Crippen LogP contribution in [0.25, 0.3) is 0 Å². The minimum Gasteiger partial charge on any atom is -0.377 e. The number of hydrogen-bond acceptors (Lipinski definition) is 3. The number of nitrogens with zero attached hydrogens (tertiary/aromatic N) is 3. The van der Waals surface area contributed by atoms with Crippen molar-refractivity contribution in [1.82, 2.24) is 20.4 Å². The first kappa shape index (κ1) is 24.4. The topological polar surface area (TPSA) is 63.5 Å². The third-order valence-electron chi connectivity index (χ3n) is 4.52. The number of aryl methyl sites for hydroxylation is 2. The molecule has 0 aliphatic carbocycles. The number of nitrogens with one attached hydrogen (secondary N) is 2. The number of benzene rings is 1. The summed E-state index contributed by atoms with van der Waals surface area (Å²) < 4.78 is 7.64. The van der Waals surface area contributed by atoms with Crippen molar-refractivity contribution in [3.8, 4) is 0 Å². The molecule has 0 saturated heterocycles. The smallest absolute Gasteiger partial charge is 0.191 e. The zero-order valence-electron chi connectivity index (χ0n) is 17.5. The summed E-state index contributed by atoms with van der Waals surface area (Å²) in [5, 5.41) is 11.2. The van der Waals surface area contributed by atoms with Crippen LogP contribution in [-0.4, -0.2) is 35.4 Å². The van der Waals surface area contributed by atoms with E-state index in [1.165, 1.54) is 16.8 Å². The monoisotopic (exact) mass is 499 g/mol. The average Bonchev–Trinajstić information content (AvgIpc) is 2.91. The Morgan fingerprint density at radius 1 is 1.14 bits per heavy atom. The summed E-state index contributed by atoms with van der Waals surface area (Å²) in [4.78, 5) is 4.70. The van der Waals surface area contributed by atoms with Crippen molar-refractivity contribution >= 4 is 29.9 Å². The molecule has 1 aromatic carbocycles. The first-order valence-electron chi connectivity index (χ1n) is 9.74. The van der Waals surface area contributed by atoms with Crippen LogP contribution in [0.5, 0.6) is 0 Å². The van der Waals surface area contributed by atoms with Crippen LogP contribution >= 0.6 is 24.0 Å². The van der Waals surface area contributed by atoms with Gasteiger partial charge in [-0.1, -0.05) is 30.3 Å². The van der Waals surface area contributed by atoms with Gasteiger partial charge in [0.2, 0.25) is 0 Å². The van der Waals surface area contributed by atoms with Crippen LogP contribution < -0.4 is 10.6 Å². The van der Waals surface area contributed by atoms with Gasteiger partial charge in [0, 0.05) is 38.0 Å². The summed E-state index contributed by atoms with van der Waals surface area (Å²) in [7, 11) is 1.97. The van der Waals surface area contributed by atoms with Crippen LogP contribution in [-0.2, 0) is 24.9 Å². The lowest BCUT2D eigenvalue weighted by molar-refractivity contribution is 0.117. The molecular weight excluding hydrogens is 465 g/mol. The van der Waals surface area contributed by atoms with E-state index >= 15 is 0 Å². The Morgan fingerprint density at radius 2 is 1.89 bits per heavy atom. The standard InChI is InChI=1S/C21H33N5O.HI/c1-5-22-21(24-15-20-17(2)25-26(4)18(20)3)23-13-9-10-14-27-16-19-11-7-6-8-12-19;/h6-8,11-12H,5,9-10,13-16H2,1-4H3,(H2,22,23,24);1H. The van der Waals surface area contributed by atoms with E-state index in [9.17, 15) is 0 Å². The molecule has 2 aromatic rings. The van der Waals surface area contributed by atoms with Crippen molar-refractivity contribution in [1.29, 1.82) is 0 Å². The summed E-state index contributed by atoms with van der Waals surface area (Å²) in [5.74, 6) is 0.852. The maximum atomic E-state index is 5.73. The van der Waals surface area contributed by atoms with Gasteiger partial charge in [0.1, 0.15) is 0 Å². The Bertz CT molecular complexity index is 715. The number of guanidine groups is 1. The van der Waals surface area contributed by atoms with E-state index < -0.39 is 0 Å². The van der Waals surface area contributed by atoms with Gasteiger partial charge in [-0.25, -0.2) is 4.99 Å². The lowest BCUT2D eigenvalue weighted by Gasteiger charge is -2.11. The highest BCUT2D eigenvalue weighted by atomic mass is 127. The fourth-order valence-corrected chi connectivity index (χ4v) is 2.85. The molecule has 2 rings (SSSR count). The minimum atomic E-state index is 0. The second-order valence-corrected chi connectivity index (χ2v) is 6.64. The van der Waals surface area contributed by atoms with Gasteiger partial charge in [-0.3, -0.25) is 4.68 Å². The van der Waals surface area contributed by atoms with Crippen LogP contribution in [0.4, 0.5) is 0 Å². The molecule has 0 radical (unpaired) electrons.